The van der Waals surface area contributed by atoms with E-state index in [1.54, 1.807) is 13.2 Å². The zero-order chi connectivity index (χ0) is 30.6. The number of nitro benzene ring substituents is 1. The molecule has 4 N–H and O–H groups in total. The normalized spacial score (nSPS) is 13.5. The molecule has 1 fully saturated rings. The summed E-state index contributed by atoms with van der Waals surface area (Å²) in [7, 11) is 1.66. The van der Waals surface area contributed by atoms with Crippen molar-refractivity contribution in [3.05, 3.63) is 52.1 Å². The number of hydrogen-bond donors (Lipinski definition) is 4. The fraction of sp³-hybridized carbons (Fsp3) is 0.500. The topological polar surface area (TPSA) is 178 Å². The van der Waals surface area contributed by atoms with Crippen molar-refractivity contribution in [2.45, 2.75) is 64.3 Å². The molecule has 0 atom stereocenters. The maximum atomic E-state index is 11.2. The van der Waals surface area contributed by atoms with Crippen molar-refractivity contribution in [1.29, 1.82) is 0 Å². The zero-order valence-electron chi connectivity index (χ0n) is 25.1. The van der Waals surface area contributed by atoms with Crippen LogP contribution < -0.4 is 26.0 Å². The van der Waals surface area contributed by atoms with E-state index in [0.717, 1.165) is 50.1 Å². The van der Waals surface area contributed by atoms with Gasteiger partial charge in [0.1, 0.15) is 5.75 Å². The molecule has 0 amide bonds. The molecule has 14 nitrogen and oxygen atoms in total. The van der Waals surface area contributed by atoms with Gasteiger partial charge in [-0.2, -0.15) is 15.0 Å². The second kappa shape index (κ2) is 15.6. The van der Waals surface area contributed by atoms with E-state index in [1.165, 1.54) is 38.2 Å². The van der Waals surface area contributed by atoms with Crippen LogP contribution in [-0.2, 0) is 6.54 Å². The second-order valence-corrected chi connectivity index (χ2v) is 11.0. The minimum atomic E-state index is -0.490. The van der Waals surface area contributed by atoms with Crippen molar-refractivity contribution in [2.75, 3.05) is 48.0 Å². The smallest absolute Gasteiger partial charge is 0.300 e. The monoisotopic (exact) mass is 604 g/mol. The van der Waals surface area contributed by atoms with Crippen LogP contribution in [0, 0.1) is 16.0 Å². The number of ether oxygens (including phenoxy) is 1. The Balaban J connectivity index is 1.08. The number of nitrogens with zero attached hydrogens (tertiary/aromatic N) is 6. The van der Waals surface area contributed by atoms with E-state index in [4.69, 9.17) is 9.37 Å². The van der Waals surface area contributed by atoms with Crippen LogP contribution in [0.5, 0.6) is 5.75 Å². The van der Waals surface area contributed by atoms with Crippen LogP contribution in [0.15, 0.2) is 41.0 Å². The van der Waals surface area contributed by atoms with Gasteiger partial charge in [-0.15, -0.1) is 0 Å². The first-order valence-corrected chi connectivity index (χ1v) is 15.3. The Kier molecular flexibility index (Phi) is 10.9. The summed E-state index contributed by atoms with van der Waals surface area (Å²) < 4.78 is 9.98. The van der Waals surface area contributed by atoms with Gasteiger partial charge in [-0.1, -0.05) is 44.2 Å². The lowest BCUT2D eigenvalue weighted by Gasteiger charge is -2.21. The summed E-state index contributed by atoms with van der Waals surface area (Å²) >= 11 is 0. The summed E-state index contributed by atoms with van der Waals surface area (Å²) in [6.45, 7) is 2.90. The predicted octanol–water partition coefficient (Wildman–Crippen LogP) is 6.01. The van der Waals surface area contributed by atoms with Crippen molar-refractivity contribution in [3.8, 4) is 5.75 Å². The summed E-state index contributed by atoms with van der Waals surface area (Å²) in [6, 6.07) is 11.0. The Labute approximate surface area is 255 Å². The van der Waals surface area contributed by atoms with Gasteiger partial charge in [0.2, 0.25) is 23.4 Å². The van der Waals surface area contributed by atoms with E-state index in [9.17, 15) is 10.1 Å². The molecule has 1 aliphatic rings. The molecule has 234 valence electrons. The maximum absolute atomic E-state index is 11.2. The molecule has 0 spiro atoms. The lowest BCUT2D eigenvalue weighted by atomic mass is 9.89. The van der Waals surface area contributed by atoms with E-state index in [-0.39, 0.29) is 11.2 Å². The molecule has 4 aromatic rings. The number of methoxy groups -OCH3 is 1. The number of benzene rings is 2. The molecule has 1 saturated carbocycles. The van der Waals surface area contributed by atoms with Crippen LogP contribution in [0.4, 0.5) is 29.2 Å². The molecule has 44 heavy (non-hydrogen) atoms. The van der Waals surface area contributed by atoms with Gasteiger partial charge < -0.3 is 26.0 Å². The number of non-ortho nitro benzene ring substituents is 1. The molecule has 0 radical (unpaired) electrons. The summed E-state index contributed by atoms with van der Waals surface area (Å²) in [5.74, 6) is 3.13. The summed E-state index contributed by atoms with van der Waals surface area (Å²) in [5, 5.41) is 32.1. The largest absolute Gasteiger partial charge is 0.497 e. The first-order valence-electron chi connectivity index (χ1n) is 15.3. The predicted molar refractivity (Wildman–Crippen MR) is 169 cm³/mol. The summed E-state index contributed by atoms with van der Waals surface area (Å²) in [4.78, 5) is 24.6. The third-order valence-corrected chi connectivity index (χ3v) is 7.81. The van der Waals surface area contributed by atoms with Crippen molar-refractivity contribution in [1.82, 2.24) is 25.3 Å². The molecule has 0 aliphatic heterocycles. The molecular formula is C30H40N10O4. The Bertz CT molecular complexity index is 1490. The average molecular weight is 605 g/mol. The van der Waals surface area contributed by atoms with Crippen molar-refractivity contribution in [3.63, 3.8) is 0 Å². The number of anilines is 4. The molecule has 0 bridgehead atoms. The number of fused-ring (bicyclic) bond motifs is 1. The van der Waals surface area contributed by atoms with Crippen LogP contribution in [0.1, 0.15) is 63.4 Å². The molecular weight excluding hydrogens is 564 g/mol. The highest BCUT2D eigenvalue weighted by Crippen LogP contribution is 2.29. The Morgan fingerprint density at radius 2 is 1.48 bits per heavy atom. The SMILES string of the molecule is COc1ccc(CNc2nc(NCCCCCCNc3ccc([N+](=O)[O-])c4nonc34)nc(NCC3CCCCC3)n2)cc1. The number of aromatic nitrogens is 5. The molecule has 2 heterocycles. The van der Waals surface area contributed by atoms with Gasteiger partial charge in [-0.3, -0.25) is 10.1 Å². The molecule has 1 aliphatic carbocycles. The standard InChI is InChI=1S/C30H40N10O4/c1-43-23-13-11-22(12-14-23)20-34-30-36-28(35-29(37-30)33-19-21-9-5-4-6-10-21)32-18-8-3-2-7-17-31-24-15-16-25(40(41)42)27-26(24)38-44-39-27/h11-16,21,31H,2-10,17-20H2,1H3,(H3,32,33,34,35,36,37). The fourth-order valence-electron chi connectivity index (χ4n) is 5.33. The third kappa shape index (κ3) is 8.64. The maximum Gasteiger partial charge on any atom is 0.300 e. The number of rotatable bonds is 17. The zero-order valence-corrected chi connectivity index (χ0v) is 25.1. The Morgan fingerprint density at radius 1 is 0.818 bits per heavy atom. The van der Waals surface area contributed by atoms with Crippen LogP contribution in [0.2, 0.25) is 0 Å². The van der Waals surface area contributed by atoms with Gasteiger partial charge in [-0.25, -0.2) is 4.63 Å². The number of hydrogen-bond acceptors (Lipinski definition) is 13. The van der Waals surface area contributed by atoms with Crippen molar-refractivity contribution < 1.29 is 14.3 Å². The summed E-state index contributed by atoms with van der Waals surface area (Å²) in [6.07, 6.45) is 10.3. The van der Waals surface area contributed by atoms with Gasteiger partial charge in [0, 0.05) is 32.2 Å². The van der Waals surface area contributed by atoms with E-state index < -0.39 is 4.92 Å². The van der Waals surface area contributed by atoms with E-state index >= 15 is 0 Å². The Morgan fingerprint density at radius 3 is 2.18 bits per heavy atom. The van der Waals surface area contributed by atoms with Crippen molar-refractivity contribution >= 4 is 40.3 Å². The number of unbranched alkanes of at least 4 members (excludes halogenated alkanes) is 3. The third-order valence-electron chi connectivity index (χ3n) is 7.81. The van der Waals surface area contributed by atoms with Gasteiger partial charge >= 0.3 is 5.69 Å². The number of nitro groups is 1. The van der Waals surface area contributed by atoms with Gasteiger partial charge in [-0.05, 0) is 65.7 Å². The minimum absolute atomic E-state index is 0.121. The van der Waals surface area contributed by atoms with Gasteiger partial charge in [0.25, 0.3) is 0 Å². The van der Waals surface area contributed by atoms with Crippen LogP contribution >= 0.6 is 0 Å². The van der Waals surface area contributed by atoms with Crippen LogP contribution in [0.3, 0.4) is 0 Å². The average Bonchev–Trinajstić information content (AvgIpc) is 3.55. The van der Waals surface area contributed by atoms with Crippen LogP contribution in [-0.4, -0.2) is 56.9 Å². The fourth-order valence-corrected chi connectivity index (χ4v) is 5.33. The van der Waals surface area contributed by atoms with E-state index in [2.05, 4.69) is 46.5 Å². The molecule has 5 rings (SSSR count). The number of nitrogens with one attached hydrogen (secondary N) is 4. The molecule has 2 aromatic carbocycles. The lowest BCUT2D eigenvalue weighted by molar-refractivity contribution is -0.383. The molecule has 14 heteroatoms. The van der Waals surface area contributed by atoms with Gasteiger partial charge in [0.15, 0.2) is 5.52 Å². The van der Waals surface area contributed by atoms with E-state index in [1.807, 2.05) is 24.3 Å². The van der Waals surface area contributed by atoms with Gasteiger partial charge in [0.05, 0.1) is 17.7 Å². The highest BCUT2D eigenvalue weighted by atomic mass is 16.6. The molecule has 0 saturated heterocycles. The lowest BCUT2D eigenvalue weighted by Crippen LogP contribution is -2.19. The highest BCUT2D eigenvalue weighted by molar-refractivity contribution is 5.93. The van der Waals surface area contributed by atoms with Crippen molar-refractivity contribution in [2.24, 2.45) is 5.92 Å². The van der Waals surface area contributed by atoms with Crippen LogP contribution in [0.25, 0.3) is 11.0 Å². The molecule has 0 unspecified atom stereocenters. The summed E-state index contributed by atoms with van der Waals surface area (Å²) in [5.41, 5.74) is 2.17. The minimum Gasteiger partial charge on any atom is -0.497 e. The first-order chi connectivity index (χ1) is 21.6. The molecule has 2 aromatic heterocycles. The van der Waals surface area contributed by atoms with E-state index in [0.29, 0.717) is 48.1 Å². The second-order valence-electron chi connectivity index (χ2n) is 11.0. The quantitative estimate of drug-likeness (QED) is 0.0626. The Hall–Kier alpha value is -4.75. The highest BCUT2D eigenvalue weighted by Gasteiger charge is 2.19. The first kappa shape index (κ1) is 30.7.